The summed E-state index contributed by atoms with van der Waals surface area (Å²) in [5.74, 6) is 0. The lowest BCUT2D eigenvalue weighted by Crippen LogP contribution is -1.85. The van der Waals surface area contributed by atoms with E-state index in [2.05, 4.69) is 16.3 Å². The fourth-order valence-electron chi connectivity index (χ4n) is 1.58. The highest BCUT2D eigenvalue weighted by Gasteiger charge is 2.14. The van der Waals surface area contributed by atoms with Crippen LogP contribution in [0.25, 0.3) is 11.3 Å². The van der Waals surface area contributed by atoms with E-state index in [1.807, 2.05) is 31.4 Å². The lowest BCUT2D eigenvalue weighted by molar-refractivity contribution is 1.05. The van der Waals surface area contributed by atoms with Gasteiger partial charge in [-0.25, -0.2) is 0 Å². The van der Waals surface area contributed by atoms with Crippen molar-refractivity contribution in [1.82, 2.24) is 10.2 Å². The molecule has 2 aromatic rings. The van der Waals surface area contributed by atoms with Crippen LogP contribution in [0.3, 0.4) is 0 Å². The first-order valence-corrected chi connectivity index (χ1v) is 6.56. The molecule has 3 nitrogen and oxygen atoms in total. The summed E-state index contributed by atoms with van der Waals surface area (Å²) in [6.07, 6.45) is 1.99. The Labute approximate surface area is 109 Å². The zero-order valence-electron chi connectivity index (χ0n) is 9.41. The second-order valence-corrected chi connectivity index (χ2v) is 4.82. The molecule has 2 rings (SSSR count). The third kappa shape index (κ3) is 2.17. The van der Waals surface area contributed by atoms with Gasteiger partial charge >= 0.3 is 0 Å². The highest BCUT2D eigenvalue weighted by atomic mass is 35.5. The van der Waals surface area contributed by atoms with E-state index in [1.54, 1.807) is 11.8 Å². The molecule has 0 saturated carbocycles. The van der Waals surface area contributed by atoms with Crippen molar-refractivity contribution >= 4 is 23.4 Å². The molecule has 1 N–H and O–H groups in total. The van der Waals surface area contributed by atoms with E-state index < -0.39 is 0 Å². The molecule has 0 bridgehead atoms. The molecule has 1 heterocycles. The highest BCUT2D eigenvalue weighted by molar-refractivity contribution is 7.98. The van der Waals surface area contributed by atoms with Crippen molar-refractivity contribution in [3.63, 3.8) is 0 Å². The van der Waals surface area contributed by atoms with Gasteiger partial charge < -0.3 is 0 Å². The van der Waals surface area contributed by atoms with Gasteiger partial charge in [0.05, 0.1) is 10.7 Å². The maximum Gasteiger partial charge on any atom is 0.112 e. The van der Waals surface area contributed by atoms with E-state index in [-0.39, 0.29) is 0 Å². The van der Waals surface area contributed by atoms with Gasteiger partial charge in [0.25, 0.3) is 0 Å². The number of hydrogen-bond acceptors (Lipinski definition) is 3. The Bertz CT molecular complexity index is 598. The Morgan fingerprint density at radius 1 is 1.47 bits per heavy atom. The molecular formula is C12H10ClN3S. The van der Waals surface area contributed by atoms with E-state index >= 15 is 0 Å². The van der Waals surface area contributed by atoms with Crippen molar-refractivity contribution in [1.29, 1.82) is 5.26 Å². The fourth-order valence-corrected chi connectivity index (χ4v) is 2.35. The Morgan fingerprint density at radius 2 is 2.24 bits per heavy atom. The maximum atomic E-state index is 9.08. The van der Waals surface area contributed by atoms with E-state index in [9.17, 15) is 0 Å². The van der Waals surface area contributed by atoms with Crippen LogP contribution in [0.15, 0.2) is 23.1 Å². The summed E-state index contributed by atoms with van der Waals surface area (Å²) < 4.78 is 0. The van der Waals surface area contributed by atoms with Gasteiger partial charge in [-0.2, -0.15) is 10.4 Å². The van der Waals surface area contributed by atoms with E-state index in [0.29, 0.717) is 16.3 Å². The van der Waals surface area contributed by atoms with Gasteiger partial charge in [-0.3, -0.25) is 5.10 Å². The minimum Gasteiger partial charge on any atom is -0.281 e. The smallest absolute Gasteiger partial charge is 0.112 e. The summed E-state index contributed by atoms with van der Waals surface area (Å²) in [6.45, 7) is 1.82. The molecule has 0 radical (unpaired) electrons. The monoisotopic (exact) mass is 263 g/mol. The highest BCUT2D eigenvalue weighted by Crippen LogP contribution is 2.32. The average molecular weight is 264 g/mol. The second kappa shape index (κ2) is 4.82. The molecule has 0 aliphatic heterocycles. The molecule has 0 fully saturated rings. The average Bonchev–Trinajstić information content (AvgIpc) is 2.70. The van der Waals surface area contributed by atoms with Gasteiger partial charge in [-0.15, -0.1) is 11.8 Å². The SMILES string of the molecule is CSc1ccc(-c2n[nH]c(C)c2C#N)c(Cl)c1. The molecule has 0 unspecified atom stereocenters. The largest absolute Gasteiger partial charge is 0.281 e. The van der Waals surface area contributed by atoms with Crippen LogP contribution in [0.2, 0.25) is 5.02 Å². The van der Waals surface area contributed by atoms with Crippen LogP contribution in [0.4, 0.5) is 0 Å². The van der Waals surface area contributed by atoms with Gasteiger partial charge in [0.15, 0.2) is 0 Å². The summed E-state index contributed by atoms with van der Waals surface area (Å²) in [5, 5.41) is 16.6. The van der Waals surface area contributed by atoms with Gasteiger partial charge in [-0.05, 0) is 25.3 Å². The number of H-pyrrole nitrogens is 1. The molecule has 0 aliphatic rings. The molecule has 1 aromatic carbocycles. The Balaban J connectivity index is 2.58. The molecule has 0 saturated heterocycles. The molecular weight excluding hydrogens is 254 g/mol. The normalized spacial score (nSPS) is 10.2. The number of aryl methyl sites for hydroxylation is 1. The quantitative estimate of drug-likeness (QED) is 0.842. The zero-order valence-corrected chi connectivity index (χ0v) is 11.0. The third-order valence-electron chi connectivity index (χ3n) is 2.49. The van der Waals surface area contributed by atoms with Crippen molar-refractivity contribution in [2.45, 2.75) is 11.8 Å². The lowest BCUT2D eigenvalue weighted by atomic mass is 10.1. The molecule has 0 aliphatic carbocycles. The van der Waals surface area contributed by atoms with Crippen molar-refractivity contribution in [2.75, 3.05) is 6.26 Å². The van der Waals surface area contributed by atoms with Crippen LogP contribution in [-0.2, 0) is 0 Å². The second-order valence-electron chi connectivity index (χ2n) is 3.53. The van der Waals surface area contributed by atoms with Crippen LogP contribution in [0.1, 0.15) is 11.3 Å². The number of thioether (sulfide) groups is 1. The van der Waals surface area contributed by atoms with Gasteiger partial charge in [0.1, 0.15) is 17.3 Å². The number of halogens is 1. The summed E-state index contributed by atoms with van der Waals surface area (Å²) in [7, 11) is 0. The number of nitrogens with one attached hydrogen (secondary N) is 1. The molecule has 0 atom stereocenters. The number of hydrogen-bond donors (Lipinski definition) is 1. The van der Waals surface area contributed by atoms with E-state index in [1.165, 1.54) is 0 Å². The Kier molecular flexibility index (Phi) is 3.41. The minimum atomic E-state index is 0.545. The molecule has 5 heteroatoms. The molecule has 0 amide bonds. The first-order chi connectivity index (χ1) is 8.17. The predicted octanol–water partition coefficient (Wildman–Crippen LogP) is 3.63. The van der Waals surface area contributed by atoms with Crippen LogP contribution < -0.4 is 0 Å². The van der Waals surface area contributed by atoms with Crippen LogP contribution in [0.5, 0.6) is 0 Å². The first kappa shape index (κ1) is 12.0. The summed E-state index contributed by atoms with van der Waals surface area (Å²) in [4.78, 5) is 1.09. The Morgan fingerprint density at radius 3 is 2.82 bits per heavy atom. The molecule has 17 heavy (non-hydrogen) atoms. The molecule has 1 aromatic heterocycles. The number of aromatic nitrogens is 2. The van der Waals surface area contributed by atoms with Gasteiger partial charge in [0.2, 0.25) is 0 Å². The van der Waals surface area contributed by atoms with Crippen molar-refractivity contribution in [2.24, 2.45) is 0 Å². The maximum absolute atomic E-state index is 9.08. The number of aromatic amines is 1. The van der Waals surface area contributed by atoms with E-state index in [0.717, 1.165) is 16.2 Å². The van der Waals surface area contributed by atoms with E-state index in [4.69, 9.17) is 16.9 Å². The van der Waals surface area contributed by atoms with Crippen LogP contribution in [-0.4, -0.2) is 16.5 Å². The summed E-state index contributed by atoms with van der Waals surface area (Å²) >= 11 is 7.83. The van der Waals surface area contributed by atoms with Crippen molar-refractivity contribution < 1.29 is 0 Å². The predicted molar refractivity (Wildman–Crippen MR) is 70.3 cm³/mol. The number of benzene rings is 1. The first-order valence-electron chi connectivity index (χ1n) is 4.96. The van der Waals surface area contributed by atoms with Crippen molar-refractivity contribution in [3.8, 4) is 17.3 Å². The van der Waals surface area contributed by atoms with Crippen LogP contribution >= 0.6 is 23.4 Å². The van der Waals surface area contributed by atoms with Gasteiger partial charge in [-0.1, -0.05) is 17.7 Å². The summed E-state index contributed by atoms with van der Waals surface area (Å²) in [6, 6.07) is 7.88. The third-order valence-corrected chi connectivity index (χ3v) is 3.53. The van der Waals surface area contributed by atoms with Crippen LogP contribution in [0, 0.1) is 18.3 Å². The summed E-state index contributed by atoms with van der Waals surface area (Å²) in [5.41, 5.74) is 2.70. The number of rotatable bonds is 2. The molecule has 0 spiro atoms. The van der Waals surface area contributed by atoms with Crippen molar-refractivity contribution in [3.05, 3.63) is 34.5 Å². The Hall–Kier alpha value is -1.44. The lowest BCUT2D eigenvalue weighted by Gasteiger charge is -2.03. The minimum absolute atomic E-state index is 0.545. The molecule has 86 valence electrons. The number of nitrogens with zero attached hydrogens (tertiary/aromatic N) is 2. The standard InChI is InChI=1S/C12H10ClN3S/c1-7-10(6-14)12(16-15-7)9-4-3-8(17-2)5-11(9)13/h3-5H,1-2H3,(H,15,16). The zero-order chi connectivity index (χ0) is 12.4. The van der Waals surface area contributed by atoms with Gasteiger partial charge in [0, 0.05) is 10.5 Å². The fraction of sp³-hybridized carbons (Fsp3) is 0.167. The topological polar surface area (TPSA) is 52.5 Å². The number of nitriles is 1.